The fourth-order valence-corrected chi connectivity index (χ4v) is 3.41. The largest absolute Gasteiger partial charge is 0.496 e. The molecule has 31 heavy (non-hydrogen) atoms. The second kappa shape index (κ2) is 9.21. The van der Waals surface area contributed by atoms with Crippen LogP contribution in [0.15, 0.2) is 54.7 Å². The number of methoxy groups -OCH3 is 1. The molecule has 0 spiro atoms. The highest BCUT2D eigenvalue weighted by atomic mass is 16.5. The lowest BCUT2D eigenvalue weighted by molar-refractivity contribution is 0.103. The number of aromatic nitrogens is 2. The molecule has 0 bridgehead atoms. The zero-order chi connectivity index (χ0) is 22.6. The van der Waals surface area contributed by atoms with Crippen molar-refractivity contribution in [2.75, 3.05) is 7.11 Å². The minimum Gasteiger partial charge on any atom is -0.496 e. The predicted octanol–water partition coefficient (Wildman–Crippen LogP) is 5.51. The standard InChI is InChI=1S/C26H30N2O3/c1-18-7-10-21(26(2,3)4)25(15-18)31-17-20-16-19(9-12-24(20)30-6)8-11-23(29)22-13-14-27-28(22)5/h7-16H,17H2,1-6H3/b11-8+. The maximum Gasteiger partial charge on any atom is 0.203 e. The topological polar surface area (TPSA) is 53.3 Å². The van der Waals surface area contributed by atoms with Crippen LogP contribution >= 0.6 is 0 Å². The number of allylic oxidation sites excluding steroid dienone is 1. The fraction of sp³-hybridized carbons (Fsp3) is 0.308. The number of aryl methyl sites for hydroxylation is 2. The Morgan fingerprint density at radius 1 is 1.10 bits per heavy atom. The Bertz CT molecular complexity index is 1100. The first-order valence-corrected chi connectivity index (χ1v) is 10.3. The van der Waals surface area contributed by atoms with E-state index in [4.69, 9.17) is 9.47 Å². The maximum atomic E-state index is 12.4. The Morgan fingerprint density at radius 3 is 2.52 bits per heavy atom. The van der Waals surface area contributed by atoms with Gasteiger partial charge in [-0.1, -0.05) is 45.0 Å². The molecule has 0 unspecified atom stereocenters. The first-order valence-electron chi connectivity index (χ1n) is 10.3. The third-order valence-corrected chi connectivity index (χ3v) is 5.13. The molecule has 5 nitrogen and oxygen atoms in total. The van der Waals surface area contributed by atoms with Crippen molar-refractivity contribution < 1.29 is 14.3 Å². The molecule has 1 aromatic heterocycles. The van der Waals surface area contributed by atoms with Crippen LogP contribution in [0.4, 0.5) is 0 Å². The average Bonchev–Trinajstić information content (AvgIpc) is 3.15. The number of rotatable bonds is 7. The summed E-state index contributed by atoms with van der Waals surface area (Å²) in [5.74, 6) is 1.53. The van der Waals surface area contributed by atoms with E-state index in [9.17, 15) is 4.79 Å². The van der Waals surface area contributed by atoms with Crippen LogP contribution in [0.2, 0.25) is 0 Å². The first-order chi connectivity index (χ1) is 14.7. The molecule has 0 amide bonds. The smallest absolute Gasteiger partial charge is 0.203 e. The molecule has 162 valence electrons. The summed E-state index contributed by atoms with van der Waals surface area (Å²) in [6.07, 6.45) is 4.97. The van der Waals surface area contributed by atoms with Crippen LogP contribution in [-0.2, 0) is 19.1 Å². The Hall–Kier alpha value is -3.34. The minimum absolute atomic E-state index is 0.0239. The van der Waals surface area contributed by atoms with Gasteiger partial charge in [0.05, 0.1) is 7.11 Å². The van der Waals surface area contributed by atoms with Crippen LogP contribution in [0.3, 0.4) is 0 Å². The van der Waals surface area contributed by atoms with Crippen LogP contribution in [0, 0.1) is 6.92 Å². The Kier molecular flexibility index (Phi) is 6.64. The van der Waals surface area contributed by atoms with Gasteiger partial charge in [0, 0.05) is 18.8 Å². The van der Waals surface area contributed by atoms with E-state index in [0.717, 1.165) is 33.8 Å². The van der Waals surface area contributed by atoms with Crippen molar-refractivity contribution in [2.24, 2.45) is 7.05 Å². The van der Waals surface area contributed by atoms with E-state index in [0.29, 0.717) is 12.3 Å². The lowest BCUT2D eigenvalue weighted by Crippen LogP contribution is -2.13. The number of hydrogen-bond acceptors (Lipinski definition) is 4. The van der Waals surface area contributed by atoms with Gasteiger partial charge in [0.15, 0.2) is 0 Å². The maximum absolute atomic E-state index is 12.4. The highest BCUT2D eigenvalue weighted by molar-refractivity contribution is 6.05. The van der Waals surface area contributed by atoms with Gasteiger partial charge in [0.2, 0.25) is 5.78 Å². The Balaban J connectivity index is 1.82. The van der Waals surface area contributed by atoms with Crippen LogP contribution in [0.25, 0.3) is 6.08 Å². The van der Waals surface area contributed by atoms with E-state index < -0.39 is 0 Å². The molecule has 1 heterocycles. The van der Waals surface area contributed by atoms with Gasteiger partial charge in [0.1, 0.15) is 23.8 Å². The Morgan fingerprint density at radius 2 is 1.87 bits per heavy atom. The Labute approximate surface area is 184 Å². The number of ether oxygens (including phenoxy) is 2. The molecule has 0 aliphatic carbocycles. The molecule has 3 rings (SSSR count). The summed E-state index contributed by atoms with van der Waals surface area (Å²) in [7, 11) is 3.40. The molecule has 0 aliphatic rings. The van der Waals surface area contributed by atoms with Crippen LogP contribution < -0.4 is 9.47 Å². The molecule has 0 radical (unpaired) electrons. The number of hydrogen-bond donors (Lipinski definition) is 0. The molecule has 0 aliphatic heterocycles. The highest BCUT2D eigenvalue weighted by Gasteiger charge is 2.19. The van der Waals surface area contributed by atoms with Gasteiger partial charge in [-0.15, -0.1) is 0 Å². The number of nitrogens with zero attached hydrogens (tertiary/aromatic N) is 2. The van der Waals surface area contributed by atoms with Crippen LogP contribution in [-0.4, -0.2) is 22.7 Å². The normalized spacial score (nSPS) is 11.7. The summed E-state index contributed by atoms with van der Waals surface area (Å²) >= 11 is 0. The van der Waals surface area contributed by atoms with Gasteiger partial charge in [-0.3, -0.25) is 9.48 Å². The van der Waals surface area contributed by atoms with Crippen LogP contribution in [0.1, 0.15) is 53.5 Å². The molecular formula is C26H30N2O3. The number of carbonyl (C=O) groups is 1. The molecule has 0 atom stereocenters. The highest BCUT2D eigenvalue weighted by Crippen LogP contribution is 2.33. The quantitative estimate of drug-likeness (QED) is 0.375. The monoisotopic (exact) mass is 418 g/mol. The van der Waals surface area contributed by atoms with Gasteiger partial charge in [-0.05, 0) is 59.4 Å². The summed E-state index contributed by atoms with van der Waals surface area (Å²) < 4.78 is 13.3. The minimum atomic E-state index is -0.0943. The zero-order valence-corrected chi connectivity index (χ0v) is 19.1. The third kappa shape index (κ3) is 5.43. The van der Waals surface area contributed by atoms with E-state index in [1.807, 2.05) is 18.2 Å². The summed E-state index contributed by atoms with van der Waals surface area (Å²) in [5.41, 5.74) is 4.65. The molecule has 0 saturated carbocycles. The van der Waals surface area contributed by atoms with Crippen molar-refractivity contribution in [1.82, 2.24) is 9.78 Å². The van der Waals surface area contributed by atoms with Crippen molar-refractivity contribution in [1.29, 1.82) is 0 Å². The van der Waals surface area contributed by atoms with Gasteiger partial charge in [-0.2, -0.15) is 5.10 Å². The van der Waals surface area contributed by atoms with Gasteiger partial charge in [0.25, 0.3) is 0 Å². The van der Waals surface area contributed by atoms with Crippen molar-refractivity contribution in [2.45, 2.75) is 39.7 Å². The first kappa shape index (κ1) is 22.3. The van der Waals surface area contributed by atoms with Gasteiger partial charge < -0.3 is 9.47 Å². The van der Waals surface area contributed by atoms with E-state index >= 15 is 0 Å². The number of benzene rings is 2. The molecular weight excluding hydrogens is 388 g/mol. The van der Waals surface area contributed by atoms with Crippen molar-refractivity contribution >= 4 is 11.9 Å². The van der Waals surface area contributed by atoms with Crippen LogP contribution in [0.5, 0.6) is 11.5 Å². The molecule has 0 fully saturated rings. The lowest BCUT2D eigenvalue weighted by atomic mass is 9.86. The van der Waals surface area contributed by atoms with Gasteiger partial charge >= 0.3 is 0 Å². The summed E-state index contributed by atoms with van der Waals surface area (Å²) in [6, 6.07) is 13.8. The van der Waals surface area contributed by atoms with Crippen molar-refractivity contribution in [3.63, 3.8) is 0 Å². The van der Waals surface area contributed by atoms with E-state index in [2.05, 4.69) is 51.0 Å². The average molecular weight is 419 g/mol. The van der Waals surface area contributed by atoms with Crippen molar-refractivity contribution in [3.8, 4) is 11.5 Å². The third-order valence-electron chi connectivity index (χ3n) is 5.13. The molecule has 3 aromatic rings. The van der Waals surface area contributed by atoms with Crippen molar-refractivity contribution in [3.05, 3.63) is 82.7 Å². The number of carbonyl (C=O) groups excluding carboxylic acids is 1. The molecule has 2 aromatic carbocycles. The fourth-order valence-electron chi connectivity index (χ4n) is 3.41. The van der Waals surface area contributed by atoms with E-state index in [1.165, 1.54) is 0 Å². The SMILES string of the molecule is COc1ccc(/C=C/C(=O)c2ccnn2C)cc1COc1cc(C)ccc1C(C)(C)C. The molecule has 0 N–H and O–H groups in total. The zero-order valence-electron chi connectivity index (χ0n) is 19.1. The lowest BCUT2D eigenvalue weighted by Gasteiger charge is -2.23. The summed E-state index contributed by atoms with van der Waals surface area (Å²) in [5, 5.41) is 4.04. The van der Waals surface area contributed by atoms with E-state index in [-0.39, 0.29) is 11.2 Å². The molecule has 0 saturated heterocycles. The molecule has 5 heteroatoms. The summed E-state index contributed by atoms with van der Waals surface area (Å²) in [6.45, 7) is 8.96. The predicted molar refractivity (Wildman–Crippen MR) is 124 cm³/mol. The second-order valence-corrected chi connectivity index (χ2v) is 8.65. The summed E-state index contributed by atoms with van der Waals surface area (Å²) in [4.78, 5) is 12.4. The second-order valence-electron chi connectivity index (χ2n) is 8.65. The number of ketones is 1. The van der Waals surface area contributed by atoms with Gasteiger partial charge in [-0.25, -0.2) is 0 Å². The van der Waals surface area contributed by atoms with E-state index in [1.54, 1.807) is 43.3 Å².